The number of carbonyl (C=O) groups excluding carboxylic acids is 1. The van der Waals surface area contributed by atoms with E-state index >= 15 is 0 Å². The maximum Gasteiger partial charge on any atom is 0.330 e. The zero-order valence-electron chi connectivity index (χ0n) is 24.8. The predicted octanol–water partition coefficient (Wildman–Crippen LogP) is 7.20. The van der Waals surface area contributed by atoms with Gasteiger partial charge < -0.3 is 27.9 Å². The van der Waals surface area contributed by atoms with Gasteiger partial charge in [0.05, 0.1) is 34.4 Å². The highest BCUT2D eigenvalue weighted by Gasteiger charge is 2.18. The van der Waals surface area contributed by atoms with Crippen LogP contribution in [-0.2, 0) is 25.0 Å². The average Bonchev–Trinajstić information content (AvgIpc) is 2.85. The van der Waals surface area contributed by atoms with Gasteiger partial charge in [-0.3, -0.25) is 4.79 Å². The predicted molar refractivity (Wildman–Crippen MR) is 156 cm³/mol. The van der Waals surface area contributed by atoms with Crippen molar-refractivity contribution in [3.05, 3.63) is 29.8 Å². The molecule has 8 heteroatoms. The second-order valence-electron chi connectivity index (χ2n) is 11.2. The van der Waals surface area contributed by atoms with Crippen LogP contribution in [0.4, 0.5) is 0 Å². The molecule has 220 valence electrons. The fraction of sp³-hybridized carbons (Fsp3) is 0.767. The second-order valence-corrected chi connectivity index (χ2v) is 12.2. The Morgan fingerprint density at radius 2 is 1.39 bits per heavy atom. The molecule has 1 N–H and O–H groups in total. The molecule has 2 unspecified atom stereocenters. The molecule has 0 aliphatic rings. The Labute approximate surface area is 233 Å². The van der Waals surface area contributed by atoms with Crippen LogP contribution in [0.3, 0.4) is 0 Å². The minimum absolute atomic E-state index is 0.0728. The topological polar surface area (TPSA) is 74.2 Å². The maximum atomic E-state index is 11.5. The molecule has 0 amide bonds. The Hall–Kier alpha value is -1.24. The largest absolute Gasteiger partial charge is 0.494 e. The quantitative estimate of drug-likeness (QED) is 0.0628. The van der Waals surface area contributed by atoms with Gasteiger partial charge in [-0.25, -0.2) is 0 Å². The Bertz CT molecular complexity index is 710. The summed E-state index contributed by atoms with van der Waals surface area (Å²) in [5.74, 6) is 0.468. The van der Waals surface area contributed by atoms with E-state index in [-0.39, 0.29) is 12.6 Å². The molecule has 1 aromatic carbocycles. The van der Waals surface area contributed by atoms with E-state index in [1.807, 2.05) is 24.3 Å². The van der Waals surface area contributed by atoms with Crippen LogP contribution in [0.1, 0.15) is 96.5 Å². The van der Waals surface area contributed by atoms with E-state index in [0.717, 1.165) is 35.4 Å². The molecule has 7 nitrogen and oxygen atoms in total. The molecule has 1 aromatic rings. The van der Waals surface area contributed by atoms with Crippen LogP contribution in [0.25, 0.3) is 0 Å². The van der Waals surface area contributed by atoms with Gasteiger partial charge in [0, 0.05) is 13.3 Å². The molecule has 38 heavy (non-hydrogen) atoms. The highest BCUT2D eigenvalue weighted by molar-refractivity contribution is 7.40. The number of likely N-dealkylation sites (N-methyl/N-ethyl adjacent to an activating group) is 1. The van der Waals surface area contributed by atoms with Crippen LogP contribution in [0.5, 0.6) is 5.75 Å². The average molecular weight is 557 g/mol. The maximum absolute atomic E-state index is 11.5. The van der Waals surface area contributed by atoms with E-state index < -0.39 is 14.7 Å². The third kappa shape index (κ3) is 20.7. The summed E-state index contributed by atoms with van der Waals surface area (Å²) in [5, 5.41) is 0. The normalized spacial score (nSPS) is 13.3. The minimum Gasteiger partial charge on any atom is -0.494 e. The van der Waals surface area contributed by atoms with Gasteiger partial charge in [0.1, 0.15) is 25.0 Å². The molecule has 0 saturated heterocycles. The van der Waals surface area contributed by atoms with Gasteiger partial charge in [0.15, 0.2) is 0 Å². The fourth-order valence-corrected chi connectivity index (χ4v) is 4.67. The summed E-state index contributed by atoms with van der Waals surface area (Å²) >= 11 is 0. The van der Waals surface area contributed by atoms with E-state index in [1.54, 1.807) is 0 Å². The van der Waals surface area contributed by atoms with Gasteiger partial charge in [0.2, 0.25) is 0 Å². The number of carbonyl (C=O) groups is 1. The van der Waals surface area contributed by atoms with Gasteiger partial charge >= 0.3 is 14.6 Å². The molecule has 0 radical (unpaired) electrons. The zero-order valence-corrected chi connectivity index (χ0v) is 25.7. The first kappa shape index (κ1) is 34.8. The van der Waals surface area contributed by atoms with Gasteiger partial charge in [-0.2, -0.15) is 0 Å². The van der Waals surface area contributed by atoms with Crippen LogP contribution in [-0.4, -0.2) is 69.0 Å². The fourth-order valence-electron chi connectivity index (χ4n) is 4.06. The molecule has 0 spiro atoms. The van der Waals surface area contributed by atoms with Crippen LogP contribution in [0.15, 0.2) is 24.3 Å². The molecule has 0 aliphatic heterocycles. The number of ether oxygens (including phenoxy) is 2. The lowest BCUT2D eigenvalue weighted by Gasteiger charge is -2.24. The number of nitrogens with zero attached hydrogens (tertiary/aromatic N) is 1. The molecule has 0 saturated carbocycles. The highest BCUT2D eigenvalue weighted by Crippen LogP contribution is 2.33. The molecule has 0 fully saturated rings. The van der Waals surface area contributed by atoms with Gasteiger partial charge in [0.25, 0.3) is 0 Å². The SMILES string of the molecule is CCCCCCCCCCCCCCOc1ccc(CC(COP(O)OCC[N+](C)(C)C)OC(C)=O)cc1. The number of unbranched alkanes of at least 4 members (excludes halogenated alkanes) is 11. The summed E-state index contributed by atoms with van der Waals surface area (Å²) in [7, 11) is 4.14. The summed E-state index contributed by atoms with van der Waals surface area (Å²) in [6.07, 6.45) is 16.0. The van der Waals surface area contributed by atoms with Crippen LogP contribution in [0, 0.1) is 0 Å². The third-order valence-electron chi connectivity index (χ3n) is 6.32. The number of hydrogen-bond acceptors (Lipinski definition) is 6. The molecule has 0 aliphatic carbocycles. The van der Waals surface area contributed by atoms with Gasteiger partial charge in [-0.05, 0) is 24.1 Å². The lowest BCUT2D eigenvalue weighted by Crippen LogP contribution is -2.37. The van der Waals surface area contributed by atoms with Crippen molar-refractivity contribution in [2.75, 3.05) is 47.5 Å². The first-order valence-corrected chi connectivity index (χ1v) is 15.8. The monoisotopic (exact) mass is 556 g/mol. The first-order valence-electron chi connectivity index (χ1n) is 14.6. The van der Waals surface area contributed by atoms with Crippen molar-refractivity contribution in [3.8, 4) is 5.75 Å². The van der Waals surface area contributed by atoms with Crippen LogP contribution < -0.4 is 4.74 Å². The molecular formula is C30H55NO6P+. The Morgan fingerprint density at radius 1 is 0.842 bits per heavy atom. The van der Waals surface area contributed by atoms with Crippen molar-refractivity contribution >= 4 is 14.6 Å². The van der Waals surface area contributed by atoms with Crippen LogP contribution in [0.2, 0.25) is 0 Å². The number of quaternary nitrogens is 1. The summed E-state index contributed by atoms with van der Waals surface area (Å²) in [4.78, 5) is 21.5. The summed E-state index contributed by atoms with van der Waals surface area (Å²) in [6.45, 7) is 5.59. The van der Waals surface area contributed by atoms with Crippen molar-refractivity contribution in [2.24, 2.45) is 0 Å². The number of hydrogen-bond donors (Lipinski definition) is 1. The molecule has 0 heterocycles. The Morgan fingerprint density at radius 3 is 1.92 bits per heavy atom. The minimum atomic E-state index is -2.01. The van der Waals surface area contributed by atoms with E-state index in [1.165, 1.54) is 77.6 Å². The summed E-state index contributed by atoms with van der Waals surface area (Å²) < 4.78 is 22.8. The van der Waals surface area contributed by atoms with Crippen LogP contribution >= 0.6 is 8.60 Å². The number of benzene rings is 1. The molecule has 1 rings (SSSR count). The lowest BCUT2D eigenvalue weighted by atomic mass is 10.1. The van der Waals surface area contributed by atoms with Crippen molar-refractivity contribution in [3.63, 3.8) is 0 Å². The third-order valence-corrected chi connectivity index (χ3v) is 7.09. The number of esters is 1. The molecule has 0 bridgehead atoms. The van der Waals surface area contributed by atoms with E-state index in [4.69, 9.17) is 18.5 Å². The molecule has 0 aromatic heterocycles. The van der Waals surface area contributed by atoms with Crippen molar-refractivity contribution in [1.29, 1.82) is 0 Å². The Balaban J connectivity index is 2.21. The van der Waals surface area contributed by atoms with Crippen molar-refractivity contribution < 1.29 is 32.7 Å². The highest BCUT2D eigenvalue weighted by atomic mass is 31.2. The zero-order chi connectivity index (χ0) is 28.1. The van der Waals surface area contributed by atoms with Gasteiger partial charge in [-0.1, -0.05) is 89.7 Å². The summed E-state index contributed by atoms with van der Waals surface area (Å²) in [6, 6.07) is 7.86. The second kappa shape index (κ2) is 21.6. The molecular weight excluding hydrogens is 501 g/mol. The first-order chi connectivity index (χ1) is 18.2. The van der Waals surface area contributed by atoms with E-state index in [2.05, 4.69) is 28.1 Å². The lowest BCUT2D eigenvalue weighted by molar-refractivity contribution is -0.870. The molecule has 2 atom stereocenters. The van der Waals surface area contributed by atoms with Crippen molar-refractivity contribution in [1.82, 2.24) is 0 Å². The van der Waals surface area contributed by atoms with Crippen molar-refractivity contribution in [2.45, 2.75) is 103 Å². The number of rotatable bonds is 24. The smallest absolute Gasteiger partial charge is 0.330 e. The van der Waals surface area contributed by atoms with E-state index in [0.29, 0.717) is 13.0 Å². The Kier molecular flexibility index (Phi) is 19.7. The van der Waals surface area contributed by atoms with E-state index in [9.17, 15) is 9.69 Å². The summed E-state index contributed by atoms with van der Waals surface area (Å²) in [5.41, 5.74) is 1.01. The van der Waals surface area contributed by atoms with Gasteiger partial charge in [-0.15, -0.1) is 0 Å². The standard InChI is InChI=1S/C30H55NO6P/c1-6-7-8-9-10-11-12-13-14-15-16-17-23-34-29-20-18-28(19-21-29)25-30(37-27(2)32)26-36-38(33)35-24-22-31(3,4)5/h18-21,30,33H,6-17,22-26H2,1-5H3/q+1.